The molecule has 1 fully saturated rings. The maximum atomic E-state index is 12.5. The molecule has 0 unspecified atom stereocenters. The molecule has 1 aliphatic heterocycles. The second-order valence-electron chi connectivity index (χ2n) is 5.91. The number of aryl methyl sites for hydroxylation is 2. The molecule has 1 aliphatic rings. The van der Waals surface area contributed by atoms with E-state index in [1.54, 1.807) is 6.92 Å². The molecule has 0 atom stereocenters. The lowest BCUT2D eigenvalue weighted by Gasteiger charge is -2.33. The SMILES string of the molecule is Cc1nc(C)c(C(=O)N2CCN(CC(=O)NC(C)C)C(=O)C2)s1. The smallest absolute Gasteiger partial charge is 0.266 e. The molecular formula is C15H22N4O3S. The molecule has 1 N–H and O–H groups in total. The highest BCUT2D eigenvalue weighted by Crippen LogP contribution is 2.20. The van der Waals surface area contributed by atoms with Crippen LogP contribution in [0.5, 0.6) is 0 Å². The van der Waals surface area contributed by atoms with Gasteiger partial charge in [-0.2, -0.15) is 0 Å². The molecule has 0 saturated carbocycles. The molecular weight excluding hydrogens is 316 g/mol. The van der Waals surface area contributed by atoms with E-state index in [-0.39, 0.29) is 36.9 Å². The molecule has 1 aromatic heterocycles. The van der Waals surface area contributed by atoms with Crippen LogP contribution in [0.2, 0.25) is 0 Å². The number of rotatable bonds is 4. The van der Waals surface area contributed by atoms with E-state index in [0.717, 1.165) is 5.01 Å². The predicted octanol–water partition coefficient (Wildman–Crippen LogP) is 0.569. The predicted molar refractivity (Wildman–Crippen MR) is 87.4 cm³/mol. The molecule has 8 heteroatoms. The number of hydrogen-bond acceptors (Lipinski definition) is 5. The van der Waals surface area contributed by atoms with Crippen LogP contribution in [0.4, 0.5) is 0 Å². The Bertz CT molecular complexity index is 626. The Kier molecular flexibility index (Phi) is 5.35. The number of carbonyl (C=O) groups is 3. The number of nitrogens with zero attached hydrogens (tertiary/aromatic N) is 3. The monoisotopic (exact) mass is 338 g/mol. The van der Waals surface area contributed by atoms with Crippen molar-refractivity contribution in [1.82, 2.24) is 20.1 Å². The summed E-state index contributed by atoms with van der Waals surface area (Å²) in [5.41, 5.74) is 0.698. The Morgan fingerprint density at radius 2 is 2.00 bits per heavy atom. The van der Waals surface area contributed by atoms with Gasteiger partial charge in [0, 0.05) is 19.1 Å². The fourth-order valence-electron chi connectivity index (χ4n) is 2.46. The second-order valence-corrected chi connectivity index (χ2v) is 7.11. The quantitative estimate of drug-likeness (QED) is 0.870. The van der Waals surface area contributed by atoms with Crippen LogP contribution >= 0.6 is 11.3 Å². The topological polar surface area (TPSA) is 82.6 Å². The van der Waals surface area contributed by atoms with Crippen LogP contribution in [0.15, 0.2) is 0 Å². The van der Waals surface area contributed by atoms with E-state index in [1.807, 2.05) is 20.8 Å². The van der Waals surface area contributed by atoms with Gasteiger partial charge in [0.2, 0.25) is 11.8 Å². The van der Waals surface area contributed by atoms with E-state index in [9.17, 15) is 14.4 Å². The van der Waals surface area contributed by atoms with Crippen molar-refractivity contribution in [3.63, 3.8) is 0 Å². The van der Waals surface area contributed by atoms with Crippen LogP contribution in [-0.4, -0.2) is 64.7 Å². The van der Waals surface area contributed by atoms with Crippen LogP contribution < -0.4 is 5.32 Å². The average Bonchev–Trinajstić information content (AvgIpc) is 2.78. The molecule has 7 nitrogen and oxygen atoms in total. The molecule has 126 valence electrons. The molecule has 0 radical (unpaired) electrons. The molecule has 2 heterocycles. The number of piperazine rings is 1. The summed E-state index contributed by atoms with van der Waals surface area (Å²) in [6.07, 6.45) is 0. The van der Waals surface area contributed by atoms with E-state index >= 15 is 0 Å². The summed E-state index contributed by atoms with van der Waals surface area (Å²) >= 11 is 1.34. The summed E-state index contributed by atoms with van der Waals surface area (Å²) in [6.45, 7) is 8.23. The van der Waals surface area contributed by atoms with Gasteiger partial charge in [0.15, 0.2) is 0 Å². The molecule has 2 rings (SSSR count). The van der Waals surface area contributed by atoms with Crippen molar-refractivity contribution in [1.29, 1.82) is 0 Å². The van der Waals surface area contributed by atoms with E-state index in [4.69, 9.17) is 0 Å². The third kappa shape index (κ3) is 4.28. The summed E-state index contributed by atoms with van der Waals surface area (Å²) in [5.74, 6) is -0.544. The molecule has 23 heavy (non-hydrogen) atoms. The zero-order valence-corrected chi connectivity index (χ0v) is 14.7. The lowest BCUT2D eigenvalue weighted by Crippen LogP contribution is -2.54. The number of carbonyl (C=O) groups excluding carboxylic acids is 3. The van der Waals surface area contributed by atoms with Crippen LogP contribution in [0, 0.1) is 13.8 Å². The van der Waals surface area contributed by atoms with E-state index < -0.39 is 0 Å². The van der Waals surface area contributed by atoms with Gasteiger partial charge in [-0.1, -0.05) is 0 Å². The van der Waals surface area contributed by atoms with E-state index in [2.05, 4.69) is 10.3 Å². The van der Waals surface area contributed by atoms with Gasteiger partial charge in [-0.25, -0.2) is 4.98 Å². The highest BCUT2D eigenvalue weighted by molar-refractivity contribution is 7.13. The van der Waals surface area contributed by atoms with Crippen molar-refractivity contribution in [2.75, 3.05) is 26.2 Å². The minimum absolute atomic E-state index is 0.00415. The van der Waals surface area contributed by atoms with E-state index in [0.29, 0.717) is 23.7 Å². The van der Waals surface area contributed by atoms with Gasteiger partial charge in [-0.15, -0.1) is 11.3 Å². The summed E-state index contributed by atoms with van der Waals surface area (Å²) in [5, 5.41) is 3.60. The summed E-state index contributed by atoms with van der Waals surface area (Å²) < 4.78 is 0. The van der Waals surface area contributed by atoms with Crippen molar-refractivity contribution in [3.05, 3.63) is 15.6 Å². The number of amides is 3. The summed E-state index contributed by atoms with van der Waals surface area (Å²) in [4.78, 5) is 44.3. The van der Waals surface area contributed by atoms with Gasteiger partial charge in [0.25, 0.3) is 5.91 Å². The van der Waals surface area contributed by atoms with Gasteiger partial charge in [0.1, 0.15) is 11.4 Å². The zero-order valence-electron chi connectivity index (χ0n) is 13.9. The van der Waals surface area contributed by atoms with E-state index in [1.165, 1.54) is 21.1 Å². The second kappa shape index (κ2) is 7.08. The van der Waals surface area contributed by atoms with Crippen molar-refractivity contribution in [2.24, 2.45) is 0 Å². The third-order valence-electron chi connectivity index (χ3n) is 3.49. The van der Waals surface area contributed by atoms with Crippen LogP contribution in [0.25, 0.3) is 0 Å². The molecule has 3 amide bonds. The molecule has 1 saturated heterocycles. The van der Waals surface area contributed by atoms with Gasteiger partial charge in [0.05, 0.1) is 17.2 Å². The number of nitrogens with one attached hydrogen (secondary N) is 1. The van der Waals surface area contributed by atoms with Crippen molar-refractivity contribution >= 4 is 29.1 Å². The summed E-state index contributed by atoms with van der Waals surface area (Å²) in [6, 6.07) is 0.0398. The highest BCUT2D eigenvalue weighted by atomic mass is 32.1. The molecule has 0 aliphatic carbocycles. The highest BCUT2D eigenvalue weighted by Gasteiger charge is 2.30. The van der Waals surface area contributed by atoms with Crippen LogP contribution in [0.1, 0.15) is 34.2 Å². The Morgan fingerprint density at radius 3 is 2.52 bits per heavy atom. The van der Waals surface area contributed by atoms with Gasteiger partial charge >= 0.3 is 0 Å². The Hall–Kier alpha value is -1.96. The lowest BCUT2D eigenvalue weighted by molar-refractivity contribution is -0.139. The maximum absolute atomic E-state index is 12.5. The molecule has 1 aromatic rings. The van der Waals surface area contributed by atoms with Crippen molar-refractivity contribution in [2.45, 2.75) is 33.7 Å². The van der Waals surface area contributed by atoms with Gasteiger partial charge in [-0.05, 0) is 27.7 Å². The molecule has 0 bridgehead atoms. The first-order valence-corrected chi connectivity index (χ1v) is 8.40. The normalized spacial score (nSPS) is 15.3. The third-order valence-corrected chi connectivity index (χ3v) is 4.55. The molecule has 0 spiro atoms. The molecule has 0 aromatic carbocycles. The summed E-state index contributed by atoms with van der Waals surface area (Å²) in [7, 11) is 0. The van der Waals surface area contributed by atoms with Crippen molar-refractivity contribution < 1.29 is 14.4 Å². The number of thiazole rings is 1. The first-order valence-electron chi connectivity index (χ1n) is 7.58. The number of hydrogen-bond donors (Lipinski definition) is 1. The van der Waals surface area contributed by atoms with Crippen LogP contribution in [-0.2, 0) is 9.59 Å². The first kappa shape index (κ1) is 17.4. The largest absolute Gasteiger partial charge is 0.352 e. The minimum atomic E-state index is -0.206. The maximum Gasteiger partial charge on any atom is 0.266 e. The minimum Gasteiger partial charge on any atom is -0.352 e. The van der Waals surface area contributed by atoms with Crippen LogP contribution in [0.3, 0.4) is 0 Å². The van der Waals surface area contributed by atoms with Gasteiger partial charge in [-0.3, -0.25) is 14.4 Å². The zero-order chi connectivity index (χ0) is 17.1. The van der Waals surface area contributed by atoms with Gasteiger partial charge < -0.3 is 15.1 Å². The lowest BCUT2D eigenvalue weighted by atomic mass is 10.2. The average molecular weight is 338 g/mol. The number of aromatic nitrogens is 1. The Morgan fingerprint density at radius 1 is 1.30 bits per heavy atom. The van der Waals surface area contributed by atoms with Crippen molar-refractivity contribution in [3.8, 4) is 0 Å². The Balaban J connectivity index is 1.96. The fraction of sp³-hybridized carbons (Fsp3) is 0.600. The standard InChI is InChI=1S/C15H22N4O3S/c1-9(2)16-12(20)7-18-5-6-19(8-13(18)21)15(22)14-10(3)17-11(4)23-14/h9H,5-8H2,1-4H3,(H,16,20). The first-order chi connectivity index (χ1) is 10.8. The fourth-order valence-corrected chi connectivity index (χ4v) is 3.35. The Labute approximate surface area is 139 Å².